The van der Waals surface area contributed by atoms with Gasteiger partial charge in [0.15, 0.2) is 5.03 Å². The average Bonchev–Trinajstić information content (AvgIpc) is 2.38. The molecular formula is C11H8N4O2S. The lowest BCUT2D eigenvalue weighted by Crippen LogP contribution is -2.24. The molecule has 1 aromatic heterocycles. The quantitative estimate of drug-likeness (QED) is 0.788. The van der Waals surface area contributed by atoms with Crippen LogP contribution in [-0.4, -0.2) is 15.2 Å². The Kier molecular flexibility index (Phi) is 3.60. The minimum Gasteiger partial charge on any atom is -0.271 e. The van der Waals surface area contributed by atoms with Crippen molar-refractivity contribution in [3.63, 3.8) is 0 Å². The van der Waals surface area contributed by atoms with Crippen LogP contribution in [0, 0.1) is 11.3 Å². The molecule has 1 heterocycles. The zero-order valence-electron chi connectivity index (χ0n) is 9.14. The second-order valence-electron chi connectivity index (χ2n) is 3.37. The minimum absolute atomic E-state index is 0.169. The number of rotatable bonds is 3. The summed E-state index contributed by atoms with van der Waals surface area (Å²) in [6.07, 6.45) is 0. The smallest absolute Gasteiger partial charge is 0.271 e. The van der Waals surface area contributed by atoms with Crippen LogP contribution in [0.1, 0.15) is 11.1 Å². The highest BCUT2D eigenvalue weighted by Crippen LogP contribution is 2.19. The normalized spacial score (nSPS) is 9.94. The van der Waals surface area contributed by atoms with Crippen molar-refractivity contribution in [2.24, 2.45) is 0 Å². The molecule has 6 nitrogen and oxygen atoms in total. The van der Waals surface area contributed by atoms with Gasteiger partial charge in [0.2, 0.25) is 0 Å². The number of aromatic nitrogens is 3. The van der Waals surface area contributed by atoms with E-state index in [1.807, 2.05) is 12.1 Å². The van der Waals surface area contributed by atoms with Crippen LogP contribution >= 0.6 is 11.8 Å². The molecule has 0 bridgehead atoms. The summed E-state index contributed by atoms with van der Waals surface area (Å²) in [5.74, 6) is 0.436. The Labute approximate surface area is 106 Å². The van der Waals surface area contributed by atoms with Gasteiger partial charge in [0, 0.05) is 5.75 Å². The summed E-state index contributed by atoms with van der Waals surface area (Å²) in [4.78, 5) is 24.3. The van der Waals surface area contributed by atoms with Gasteiger partial charge in [0.25, 0.3) is 5.56 Å². The second kappa shape index (κ2) is 5.33. The van der Waals surface area contributed by atoms with Crippen molar-refractivity contribution in [3.8, 4) is 6.07 Å². The number of aromatic amines is 2. The van der Waals surface area contributed by atoms with Crippen molar-refractivity contribution >= 4 is 11.8 Å². The first-order chi connectivity index (χ1) is 8.70. The molecule has 90 valence electrons. The van der Waals surface area contributed by atoms with E-state index < -0.39 is 11.2 Å². The van der Waals surface area contributed by atoms with E-state index in [4.69, 9.17) is 5.26 Å². The van der Waals surface area contributed by atoms with Gasteiger partial charge in [-0.3, -0.25) is 9.78 Å². The van der Waals surface area contributed by atoms with E-state index in [1.165, 1.54) is 0 Å². The summed E-state index contributed by atoms with van der Waals surface area (Å²) < 4.78 is 0. The largest absolute Gasteiger partial charge is 0.342 e. The van der Waals surface area contributed by atoms with E-state index in [-0.39, 0.29) is 5.03 Å². The predicted molar refractivity (Wildman–Crippen MR) is 66.2 cm³/mol. The molecule has 1 aromatic carbocycles. The van der Waals surface area contributed by atoms with Crippen LogP contribution in [0.3, 0.4) is 0 Å². The molecule has 0 unspecified atom stereocenters. The van der Waals surface area contributed by atoms with Crippen LogP contribution in [0.25, 0.3) is 0 Å². The molecule has 0 aliphatic carbocycles. The van der Waals surface area contributed by atoms with Crippen LogP contribution < -0.4 is 11.2 Å². The zero-order chi connectivity index (χ0) is 13.0. The molecule has 7 heteroatoms. The molecule has 0 saturated carbocycles. The first-order valence-corrected chi connectivity index (χ1v) is 5.99. The summed E-state index contributed by atoms with van der Waals surface area (Å²) in [5, 5.41) is 14.9. The van der Waals surface area contributed by atoms with Crippen molar-refractivity contribution in [2.75, 3.05) is 0 Å². The van der Waals surface area contributed by atoms with Crippen LogP contribution in [0.2, 0.25) is 0 Å². The van der Waals surface area contributed by atoms with Crippen LogP contribution in [0.5, 0.6) is 0 Å². The molecule has 2 aromatic rings. The Morgan fingerprint density at radius 2 is 2.11 bits per heavy atom. The topological polar surface area (TPSA) is 102 Å². The number of thioether (sulfide) groups is 1. The number of hydrogen-bond donors (Lipinski definition) is 2. The van der Waals surface area contributed by atoms with E-state index in [9.17, 15) is 9.59 Å². The van der Waals surface area contributed by atoms with Gasteiger partial charge in [0.1, 0.15) is 0 Å². The minimum atomic E-state index is -0.637. The van der Waals surface area contributed by atoms with Gasteiger partial charge in [-0.2, -0.15) is 10.4 Å². The maximum Gasteiger partial charge on any atom is 0.342 e. The molecular weight excluding hydrogens is 252 g/mol. The van der Waals surface area contributed by atoms with Crippen molar-refractivity contribution in [1.82, 2.24) is 15.2 Å². The van der Waals surface area contributed by atoms with Crippen molar-refractivity contribution in [2.45, 2.75) is 10.8 Å². The summed E-state index contributed by atoms with van der Waals surface area (Å²) in [6.45, 7) is 0. The Hall–Kier alpha value is -2.33. The lowest BCUT2D eigenvalue weighted by atomic mass is 10.1. The van der Waals surface area contributed by atoms with Gasteiger partial charge in [-0.05, 0) is 11.6 Å². The number of hydrogen-bond acceptors (Lipinski definition) is 5. The van der Waals surface area contributed by atoms with Crippen molar-refractivity contribution < 1.29 is 0 Å². The molecule has 0 fully saturated rings. The molecule has 0 atom stereocenters. The molecule has 0 aliphatic heterocycles. The average molecular weight is 260 g/mol. The lowest BCUT2D eigenvalue weighted by molar-refractivity contribution is 0.807. The Balaban J connectivity index is 2.20. The first kappa shape index (κ1) is 12.1. The number of nitriles is 1. The van der Waals surface area contributed by atoms with Crippen molar-refractivity contribution in [1.29, 1.82) is 5.26 Å². The third-order valence-corrected chi connectivity index (χ3v) is 3.19. The highest BCUT2D eigenvalue weighted by atomic mass is 32.2. The third kappa shape index (κ3) is 2.67. The molecule has 2 rings (SSSR count). The fourth-order valence-corrected chi connectivity index (χ4v) is 2.17. The van der Waals surface area contributed by atoms with E-state index in [0.717, 1.165) is 17.3 Å². The maximum absolute atomic E-state index is 11.4. The molecule has 0 saturated heterocycles. The SMILES string of the molecule is N#Cc1ccccc1CSc1n[nH]c(=O)[nH]c1=O. The van der Waals surface area contributed by atoms with Gasteiger partial charge in [-0.25, -0.2) is 9.89 Å². The predicted octanol–water partition coefficient (Wildman–Crippen LogP) is 0.622. The zero-order valence-corrected chi connectivity index (χ0v) is 9.95. The van der Waals surface area contributed by atoms with E-state index in [2.05, 4.69) is 21.3 Å². The van der Waals surface area contributed by atoms with Crippen LogP contribution in [0.4, 0.5) is 0 Å². The van der Waals surface area contributed by atoms with E-state index >= 15 is 0 Å². The highest BCUT2D eigenvalue weighted by Gasteiger charge is 2.06. The summed E-state index contributed by atoms with van der Waals surface area (Å²) in [7, 11) is 0. The molecule has 0 spiro atoms. The Morgan fingerprint density at radius 3 is 2.83 bits per heavy atom. The van der Waals surface area contributed by atoms with E-state index in [0.29, 0.717) is 11.3 Å². The number of nitrogens with zero attached hydrogens (tertiary/aromatic N) is 2. The number of H-pyrrole nitrogens is 2. The number of benzene rings is 1. The fraction of sp³-hybridized carbons (Fsp3) is 0.0909. The first-order valence-electron chi connectivity index (χ1n) is 5.00. The van der Waals surface area contributed by atoms with Crippen LogP contribution in [0.15, 0.2) is 38.9 Å². The van der Waals surface area contributed by atoms with Gasteiger partial charge >= 0.3 is 5.69 Å². The summed E-state index contributed by atoms with van der Waals surface area (Å²) >= 11 is 1.16. The van der Waals surface area contributed by atoms with Gasteiger partial charge < -0.3 is 0 Å². The fourth-order valence-electron chi connectivity index (χ4n) is 1.34. The summed E-state index contributed by atoms with van der Waals surface area (Å²) in [6, 6.07) is 9.19. The molecule has 0 aliphatic rings. The van der Waals surface area contributed by atoms with Crippen LogP contribution in [-0.2, 0) is 5.75 Å². The molecule has 2 N–H and O–H groups in total. The maximum atomic E-state index is 11.4. The Morgan fingerprint density at radius 1 is 1.33 bits per heavy atom. The van der Waals surface area contributed by atoms with Gasteiger partial charge in [-0.15, -0.1) is 0 Å². The van der Waals surface area contributed by atoms with Gasteiger partial charge in [0.05, 0.1) is 11.6 Å². The van der Waals surface area contributed by atoms with E-state index in [1.54, 1.807) is 12.1 Å². The Bertz CT molecular complexity index is 714. The standard InChI is InChI=1S/C11H8N4O2S/c12-5-7-3-1-2-4-8(7)6-18-10-9(16)13-11(17)15-14-10/h1-4H,6H2,(H2,13,15,16,17). The van der Waals surface area contributed by atoms with Gasteiger partial charge in [-0.1, -0.05) is 30.0 Å². The summed E-state index contributed by atoms with van der Waals surface area (Å²) in [5.41, 5.74) is 0.211. The molecule has 18 heavy (non-hydrogen) atoms. The molecule has 0 radical (unpaired) electrons. The highest BCUT2D eigenvalue weighted by molar-refractivity contribution is 7.98. The molecule has 0 amide bonds. The monoisotopic (exact) mass is 260 g/mol. The van der Waals surface area contributed by atoms with Crippen molar-refractivity contribution in [3.05, 3.63) is 56.2 Å². The lowest BCUT2D eigenvalue weighted by Gasteiger charge is -2.01. The second-order valence-corrected chi connectivity index (χ2v) is 4.33. The number of nitrogens with one attached hydrogen (secondary N) is 2. The third-order valence-electron chi connectivity index (χ3n) is 2.18.